The van der Waals surface area contributed by atoms with Crippen LogP contribution >= 0.6 is 0 Å². The number of esters is 2. The summed E-state index contributed by atoms with van der Waals surface area (Å²) in [6.07, 6.45) is -27.9. The number of methoxy groups -OCH3 is 2. The molecule has 0 saturated heterocycles. The van der Waals surface area contributed by atoms with Crippen LogP contribution in [0, 0.1) is 0 Å². The number of carbonyl (C=O) groups is 2. The van der Waals surface area contributed by atoms with E-state index in [9.17, 15) is 62.3 Å². The lowest BCUT2D eigenvalue weighted by molar-refractivity contribution is -0.512. The van der Waals surface area contributed by atoms with E-state index >= 15 is 0 Å². The molecular formula is C10H6F12O6. The molecule has 0 spiro atoms. The Morgan fingerprint density at radius 3 is 0.893 bits per heavy atom. The van der Waals surface area contributed by atoms with Crippen molar-refractivity contribution in [3.05, 3.63) is 0 Å². The van der Waals surface area contributed by atoms with Crippen molar-refractivity contribution < 1.29 is 81.2 Å². The highest BCUT2D eigenvalue weighted by atomic mass is 19.4. The maximum Gasteiger partial charge on any atom is 0.460 e. The van der Waals surface area contributed by atoms with Crippen molar-refractivity contribution in [3.8, 4) is 0 Å². The van der Waals surface area contributed by atoms with Crippen molar-refractivity contribution in [1.82, 2.24) is 0 Å². The first-order valence-corrected chi connectivity index (χ1v) is 5.97. The average molecular weight is 450 g/mol. The van der Waals surface area contributed by atoms with Crippen LogP contribution in [0.4, 0.5) is 52.7 Å². The fourth-order valence-electron chi connectivity index (χ4n) is 1.17. The third kappa shape index (κ3) is 4.53. The molecule has 0 unspecified atom stereocenters. The Labute approximate surface area is 145 Å². The Hall–Kier alpha value is -1.98. The molecule has 0 radical (unpaired) electrons. The summed E-state index contributed by atoms with van der Waals surface area (Å²) in [5, 5.41) is 0. The molecule has 0 aromatic heterocycles. The van der Waals surface area contributed by atoms with E-state index < -0.39 is 48.2 Å². The van der Waals surface area contributed by atoms with E-state index in [2.05, 4.69) is 9.47 Å². The van der Waals surface area contributed by atoms with Crippen LogP contribution in [0.25, 0.3) is 0 Å². The Kier molecular flexibility index (Phi) is 6.92. The molecule has 18 heteroatoms. The van der Waals surface area contributed by atoms with Crippen molar-refractivity contribution in [2.24, 2.45) is 0 Å². The summed E-state index contributed by atoms with van der Waals surface area (Å²) >= 11 is 0. The van der Waals surface area contributed by atoms with Gasteiger partial charge in [-0.1, -0.05) is 0 Å². The zero-order valence-electron chi connectivity index (χ0n) is 13.0. The Balaban J connectivity index is 6.18. The van der Waals surface area contributed by atoms with Crippen LogP contribution in [0.1, 0.15) is 0 Å². The van der Waals surface area contributed by atoms with E-state index in [0.29, 0.717) is 0 Å². The molecule has 6 nitrogen and oxygen atoms in total. The van der Waals surface area contributed by atoms with Gasteiger partial charge in [0.05, 0.1) is 14.2 Å². The lowest BCUT2D eigenvalue weighted by atomic mass is 10.3. The maximum absolute atomic E-state index is 13.5. The third-order valence-electron chi connectivity index (χ3n) is 2.50. The van der Waals surface area contributed by atoms with Crippen LogP contribution in [0.2, 0.25) is 0 Å². The molecule has 0 amide bonds. The van der Waals surface area contributed by atoms with Crippen molar-refractivity contribution in [2.45, 2.75) is 36.3 Å². The molecule has 2 atom stereocenters. The molecule has 0 aliphatic rings. The quantitative estimate of drug-likeness (QED) is 0.439. The summed E-state index contributed by atoms with van der Waals surface area (Å²) in [5.74, 6) is -19.5. The highest BCUT2D eigenvalue weighted by Gasteiger charge is 2.78. The highest BCUT2D eigenvalue weighted by molar-refractivity contribution is 5.79. The van der Waals surface area contributed by atoms with Gasteiger partial charge in [0.15, 0.2) is 0 Å². The van der Waals surface area contributed by atoms with E-state index in [-0.39, 0.29) is 14.2 Å². The summed E-state index contributed by atoms with van der Waals surface area (Å²) in [4.78, 5) is 21.4. The van der Waals surface area contributed by atoms with Crippen molar-refractivity contribution in [1.29, 1.82) is 0 Å². The van der Waals surface area contributed by atoms with Gasteiger partial charge in [0.1, 0.15) is 0 Å². The van der Waals surface area contributed by atoms with Gasteiger partial charge in [-0.05, 0) is 0 Å². The molecular weight excluding hydrogens is 444 g/mol. The molecule has 0 rings (SSSR count). The van der Waals surface area contributed by atoms with Gasteiger partial charge < -0.3 is 9.47 Å². The van der Waals surface area contributed by atoms with E-state index in [4.69, 9.17) is 0 Å². The number of hydrogen-bond acceptors (Lipinski definition) is 6. The monoisotopic (exact) mass is 450 g/mol. The lowest BCUT2D eigenvalue weighted by Crippen LogP contribution is -2.62. The summed E-state index contributed by atoms with van der Waals surface area (Å²) in [5.41, 5.74) is 0. The topological polar surface area (TPSA) is 71.1 Å². The first kappa shape index (κ1) is 26.0. The molecule has 0 fully saturated rings. The van der Waals surface area contributed by atoms with E-state index in [1.165, 1.54) is 0 Å². The smallest absolute Gasteiger partial charge is 0.460 e. The van der Waals surface area contributed by atoms with Gasteiger partial charge in [-0.3, -0.25) is 9.47 Å². The first-order valence-electron chi connectivity index (χ1n) is 5.97. The Bertz CT molecular complexity index is 549. The van der Waals surface area contributed by atoms with Gasteiger partial charge in [0.25, 0.3) is 0 Å². The van der Waals surface area contributed by atoms with E-state index in [1.54, 1.807) is 0 Å². The molecule has 0 aromatic rings. The number of rotatable bonds is 7. The van der Waals surface area contributed by atoms with Gasteiger partial charge in [0.2, 0.25) is 0 Å². The molecule has 166 valence electrons. The van der Waals surface area contributed by atoms with Crippen LogP contribution in [0.15, 0.2) is 0 Å². The van der Waals surface area contributed by atoms with Crippen LogP contribution in [-0.2, 0) is 28.5 Å². The lowest BCUT2D eigenvalue weighted by Gasteiger charge is -2.35. The number of hydrogen-bond donors (Lipinski definition) is 0. The van der Waals surface area contributed by atoms with Crippen molar-refractivity contribution in [2.75, 3.05) is 14.2 Å². The normalized spacial score (nSPS) is 18.1. The fraction of sp³-hybridized carbons (Fsp3) is 0.800. The summed E-state index contributed by atoms with van der Waals surface area (Å²) in [6.45, 7) is 0. The molecule has 0 N–H and O–H groups in total. The summed E-state index contributed by atoms with van der Waals surface area (Å²) in [7, 11) is -0.0713. The third-order valence-corrected chi connectivity index (χ3v) is 2.50. The van der Waals surface area contributed by atoms with E-state index in [1.807, 2.05) is 9.47 Å². The average Bonchev–Trinajstić information content (AvgIpc) is 2.49. The van der Waals surface area contributed by atoms with Crippen LogP contribution in [0.3, 0.4) is 0 Å². The molecule has 0 aliphatic heterocycles. The second-order valence-corrected chi connectivity index (χ2v) is 4.41. The largest absolute Gasteiger partial charge is 0.465 e. The number of alkyl halides is 12. The van der Waals surface area contributed by atoms with Crippen molar-refractivity contribution >= 4 is 11.9 Å². The predicted molar refractivity (Wildman–Crippen MR) is 55.9 cm³/mol. The minimum absolute atomic E-state index is 0.0357. The molecule has 0 aromatic carbocycles. The second kappa shape index (κ2) is 7.45. The van der Waals surface area contributed by atoms with Gasteiger partial charge in [-0.25, -0.2) is 9.59 Å². The van der Waals surface area contributed by atoms with Gasteiger partial charge >= 0.3 is 48.2 Å². The standard InChI is InChI=1S/C10H6F12O6/c1-25-3(23)5(11,7(13,14)15)27-9(19,20)10(21,22)28-6(12,4(24)26-2)8(16,17)18/h1-2H3/t5-,6-/m0/s1. The van der Waals surface area contributed by atoms with E-state index in [0.717, 1.165) is 0 Å². The van der Waals surface area contributed by atoms with Crippen molar-refractivity contribution in [3.63, 3.8) is 0 Å². The zero-order chi connectivity index (χ0) is 23.0. The first-order chi connectivity index (χ1) is 12.1. The SMILES string of the molecule is COC(=O)[C@](F)(OC(F)(F)C(F)(F)O[C@@](F)(C(=O)OC)C(F)(F)F)C(F)(F)F. The maximum atomic E-state index is 13.5. The number of carbonyl (C=O) groups excluding carboxylic acids is 2. The fourth-order valence-corrected chi connectivity index (χ4v) is 1.17. The van der Waals surface area contributed by atoms with Gasteiger partial charge in [-0.2, -0.15) is 52.7 Å². The van der Waals surface area contributed by atoms with Crippen LogP contribution in [-0.4, -0.2) is 62.4 Å². The molecule has 0 aliphatic carbocycles. The second-order valence-electron chi connectivity index (χ2n) is 4.41. The Morgan fingerprint density at radius 1 is 0.536 bits per heavy atom. The Morgan fingerprint density at radius 2 is 0.750 bits per heavy atom. The summed E-state index contributed by atoms with van der Waals surface area (Å²) in [6, 6.07) is 0. The summed E-state index contributed by atoms with van der Waals surface area (Å²) < 4.78 is 165. The highest BCUT2D eigenvalue weighted by Crippen LogP contribution is 2.49. The minimum Gasteiger partial charge on any atom is -0.465 e. The number of ether oxygens (including phenoxy) is 4. The molecule has 0 bridgehead atoms. The van der Waals surface area contributed by atoms with Gasteiger partial charge in [0, 0.05) is 0 Å². The molecule has 0 saturated carbocycles. The van der Waals surface area contributed by atoms with Crippen LogP contribution in [0.5, 0.6) is 0 Å². The molecule has 0 heterocycles. The number of halogens is 12. The minimum atomic E-state index is -7.12. The van der Waals surface area contributed by atoms with Crippen LogP contribution < -0.4 is 0 Å². The predicted octanol–water partition coefficient (Wildman–Crippen LogP) is 3.01. The zero-order valence-corrected chi connectivity index (χ0v) is 13.0. The molecule has 28 heavy (non-hydrogen) atoms. The van der Waals surface area contributed by atoms with Gasteiger partial charge in [-0.15, -0.1) is 0 Å².